The molecule has 0 saturated heterocycles. The fourth-order valence-electron chi connectivity index (χ4n) is 2.35. The van der Waals surface area contributed by atoms with Crippen LogP contribution >= 0.6 is 11.3 Å². The number of hydrogen-bond acceptors (Lipinski definition) is 3. The highest BCUT2D eigenvalue weighted by molar-refractivity contribution is 7.07. The Balaban J connectivity index is 1.87. The molecule has 4 heteroatoms. The van der Waals surface area contributed by atoms with Crippen molar-refractivity contribution >= 4 is 17.2 Å². The number of hydrogen-bond donors (Lipinski definition) is 0. The summed E-state index contributed by atoms with van der Waals surface area (Å²) in [4.78, 5) is 17.8. The van der Waals surface area contributed by atoms with Crippen LogP contribution in [0.25, 0.3) is 0 Å². The van der Waals surface area contributed by atoms with Gasteiger partial charge in [-0.1, -0.05) is 19.3 Å². The molecule has 1 heterocycles. The van der Waals surface area contributed by atoms with Crippen LogP contribution in [-0.2, 0) is 0 Å². The van der Waals surface area contributed by atoms with Gasteiger partial charge in [0.25, 0.3) is 5.91 Å². The molecule has 3 nitrogen and oxygen atoms in total. The van der Waals surface area contributed by atoms with Crippen molar-refractivity contribution in [2.24, 2.45) is 5.92 Å². The minimum absolute atomic E-state index is 0.0619. The fourth-order valence-corrected chi connectivity index (χ4v) is 2.88. The van der Waals surface area contributed by atoms with E-state index in [0.717, 1.165) is 6.54 Å². The molecule has 0 unspecified atom stereocenters. The second-order valence-electron chi connectivity index (χ2n) is 4.56. The lowest BCUT2D eigenvalue weighted by Crippen LogP contribution is -2.32. The number of aromatic nitrogens is 1. The molecular formula is C12H18N2OS. The molecule has 1 aromatic rings. The van der Waals surface area contributed by atoms with Crippen LogP contribution in [0.3, 0.4) is 0 Å². The monoisotopic (exact) mass is 238 g/mol. The molecule has 0 radical (unpaired) electrons. The number of amides is 1. The molecule has 1 amide bonds. The number of nitrogens with zero attached hydrogens (tertiary/aromatic N) is 2. The molecule has 16 heavy (non-hydrogen) atoms. The van der Waals surface area contributed by atoms with Crippen molar-refractivity contribution in [3.8, 4) is 0 Å². The van der Waals surface area contributed by atoms with E-state index >= 15 is 0 Å². The fraction of sp³-hybridized carbons (Fsp3) is 0.667. The molecule has 2 rings (SSSR count). The van der Waals surface area contributed by atoms with E-state index in [4.69, 9.17) is 0 Å². The highest BCUT2D eigenvalue weighted by atomic mass is 32.1. The van der Waals surface area contributed by atoms with E-state index in [9.17, 15) is 4.79 Å². The quantitative estimate of drug-likeness (QED) is 0.811. The highest BCUT2D eigenvalue weighted by Gasteiger charge is 2.19. The summed E-state index contributed by atoms with van der Waals surface area (Å²) in [6, 6.07) is 0. The normalized spacial score (nSPS) is 17.3. The topological polar surface area (TPSA) is 33.2 Å². The van der Waals surface area contributed by atoms with Crippen LogP contribution in [0, 0.1) is 5.92 Å². The SMILES string of the molecule is CN(CC1CCCCC1)C(=O)c1cscn1. The Hall–Kier alpha value is -0.900. The van der Waals surface area contributed by atoms with Gasteiger partial charge in [-0.15, -0.1) is 11.3 Å². The number of carbonyl (C=O) groups is 1. The lowest BCUT2D eigenvalue weighted by molar-refractivity contribution is 0.0755. The third-order valence-electron chi connectivity index (χ3n) is 3.25. The molecule has 1 saturated carbocycles. The van der Waals surface area contributed by atoms with Crippen LogP contribution in [0.2, 0.25) is 0 Å². The first-order chi connectivity index (χ1) is 7.77. The summed E-state index contributed by atoms with van der Waals surface area (Å²) in [6.07, 6.45) is 6.55. The van der Waals surface area contributed by atoms with E-state index in [2.05, 4.69) is 4.98 Å². The molecule has 1 aliphatic carbocycles. The van der Waals surface area contributed by atoms with Gasteiger partial charge in [-0.3, -0.25) is 4.79 Å². The Morgan fingerprint density at radius 1 is 1.50 bits per heavy atom. The van der Waals surface area contributed by atoms with Crippen molar-refractivity contribution in [2.45, 2.75) is 32.1 Å². The summed E-state index contributed by atoms with van der Waals surface area (Å²) < 4.78 is 0. The van der Waals surface area contributed by atoms with Crippen molar-refractivity contribution in [3.05, 3.63) is 16.6 Å². The molecule has 0 bridgehead atoms. The van der Waals surface area contributed by atoms with Gasteiger partial charge in [0.05, 0.1) is 5.51 Å². The van der Waals surface area contributed by atoms with Crippen molar-refractivity contribution in [3.63, 3.8) is 0 Å². The van der Waals surface area contributed by atoms with Crippen LogP contribution in [0.5, 0.6) is 0 Å². The second-order valence-corrected chi connectivity index (χ2v) is 5.28. The zero-order valence-corrected chi connectivity index (χ0v) is 10.5. The highest BCUT2D eigenvalue weighted by Crippen LogP contribution is 2.24. The Morgan fingerprint density at radius 3 is 2.88 bits per heavy atom. The molecular weight excluding hydrogens is 220 g/mol. The Labute approximate surface area is 100 Å². The Bertz CT molecular complexity index is 331. The third-order valence-corrected chi connectivity index (χ3v) is 3.84. The zero-order valence-electron chi connectivity index (χ0n) is 9.69. The second kappa shape index (κ2) is 5.43. The van der Waals surface area contributed by atoms with Gasteiger partial charge < -0.3 is 4.90 Å². The standard InChI is InChI=1S/C12H18N2OS/c1-14(7-10-5-3-2-4-6-10)12(15)11-8-16-9-13-11/h8-10H,2-7H2,1H3. The molecule has 0 aliphatic heterocycles. The first kappa shape index (κ1) is 11.6. The predicted octanol–water partition coefficient (Wildman–Crippen LogP) is 2.80. The molecule has 0 N–H and O–H groups in total. The molecule has 1 aromatic heterocycles. The number of rotatable bonds is 3. The van der Waals surface area contributed by atoms with E-state index in [-0.39, 0.29) is 5.91 Å². The lowest BCUT2D eigenvalue weighted by Gasteiger charge is -2.26. The average molecular weight is 238 g/mol. The minimum Gasteiger partial charge on any atom is -0.340 e. The van der Waals surface area contributed by atoms with E-state index in [1.54, 1.807) is 5.51 Å². The third kappa shape index (κ3) is 2.82. The van der Waals surface area contributed by atoms with Crippen LogP contribution in [-0.4, -0.2) is 29.4 Å². The summed E-state index contributed by atoms with van der Waals surface area (Å²) >= 11 is 1.47. The lowest BCUT2D eigenvalue weighted by atomic mass is 9.89. The van der Waals surface area contributed by atoms with E-state index in [0.29, 0.717) is 11.6 Å². The van der Waals surface area contributed by atoms with Crippen molar-refractivity contribution < 1.29 is 4.79 Å². The zero-order chi connectivity index (χ0) is 11.4. The molecule has 0 atom stereocenters. The molecule has 1 aliphatic rings. The minimum atomic E-state index is 0.0619. The van der Waals surface area contributed by atoms with Crippen LogP contribution in [0.1, 0.15) is 42.6 Å². The maximum atomic E-state index is 11.9. The molecule has 0 aromatic carbocycles. The summed E-state index contributed by atoms with van der Waals surface area (Å²) in [7, 11) is 1.89. The smallest absolute Gasteiger partial charge is 0.273 e. The van der Waals surface area contributed by atoms with Gasteiger partial charge >= 0.3 is 0 Å². The molecule has 0 spiro atoms. The van der Waals surface area contributed by atoms with E-state index in [1.807, 2.05) is 17.3 Å². The van der Waals surface area contributed by atoms with Gasteiger partial charge in [-0.2, -0.15) is 0 Å². The Morgan fingerprint density at radius 2 is 2.25 bits per heavy atom. The van der Waals surface area contributed by atoms with Gasteiger partial charge in [0.15, 0.2) is 0 Å². The maximum absolute atomic E-state index is 11.9. The van der Waals surface area contributed by atoms with Gasteiger partial charge in [0, 0.05) is 19.0 Å². The predicted molar refractivity (Wildman–Crippen MR) is 65.6 cm³/mol. The van der Waals surface area contributed by atoms with E-state index in [1.165, 1.54) is 43.4 Å². The summed E-state index contributed by atoms with van der Waals surface area (Å²) in [5.74, 6) is 0.758. The van der Waals surface area contributed by atoms with Gasteiger partial charge in [0.1, 0.15) is 5.69 Å². The van der Waals surface area contributed by atoms with Crippen LogP contribution in [0.15, 0.2) is 10.9 Å². The average Bonchev–Trinajstić information content (AvgIpc) is 2.83. The van der Waals surface area contributed by atoms with Gasteiger partial charge in [0.2, 0.25) is 0 Å². The summed E-state index contributed by atoms with van der Waals surface area (Å²) in [5.41, 5.74) is 2.30. The number of carbonyl (C=O) groups excluding carboxylic acids is 1. The van der Waals surface area contributed by atoms with E-state index < -0.39 is 0 Å². The largest absolute Gasteiger partial charge is 0.340 e. The number of thiazole rings is 1. The Kier molecular flexibility index (Phi) is 3.93. The van der Waals surface area contributed by atoms with Crippen LogP contribution in [0.4, 0.5) is 0 Å². The maximum Gasteiger partial charge on any atom is 0.273 e. The molecule has 1 fully saturated rings. The first-order valence-electron chi connectivity index (χ1n) is 5.91. The molecule has 88 valence electrons. The van der Waals surface area contributed by atoms with Crippen LogP contribution < -0.4 is 0 Å². The van der Waals surface area contributed by atoms with Gasteiger partial charge in [-0.25, -0.2) is 4.98 Å². The van der Waals surface area contributed by atoms with Crippen molar-refractivity contribution in [2.75, 3.05) is 13.6 Å². The summed E-state index contributed by atoms with van der Waals surface area (Å²) in [6.45, 7) is 0.885. The van der Waals surface area contributed by atoms with Crippen molar-refractivity contribution in [1.29, 1.82) is 0 Å². The van der Waals surface area contributed by atoms with Crippen molar-refractivity contribution in [1.82, 2.24) is 9.88 Å². The first-order valence-corrected chi connectivity index (χ1v) is 6.85. The summed E-state index contributed by atoms with van der Waals surface area (Å²) in [5, 5.41) is 1.82. The van der Waals surface area contributed by atoms with Gasteiger partial charge in [-0.05, 0) is 18.8 Å².